The average Bonchev–Trinajstić information content (AvgIpc) is 3.02. The lowest BCUT2D eigenvalue weighted by molar-refractivity contribution is -0.124. The highest BCUT2D eigenvalue weighted by atomic mass is 16.2. The van der Waals surface area contributed by atoms with Gasteiger partial charge in [-0.3, -0.25) is 4.79 Å². The summed E-state index contributed by atoms with van der Waals surface area (Å²) in [4.78, 5) is 11.7. The molecule has 0 aliphatic heterocycles. The third-order valence-electron chi connectivity index (χ3n) is 3.54. The molecule has 0 atom stereocenters. The van der Waals surface area contributed by atoms with E-state index >= 15 is 0 Å². The quantitative estimate of drug-likeness (QED) is 0.712. The lowest BCUT2D eigenvalue weighted by Gasteiger charge is -2.37. The first kappa shape index (κ1) is 9.97. The number of carbonyl (C=O) groups is 1. The molecule has 0 radical (unpaired) electrons. The van der Waals surface area contributed by atoms with Gasteiger partial charge in [0.05, 0.1) is 5.54 Å². The molecule has 3 nitrogen and oxygen atoms in total. The third-order valence-corrected chi connectivity index (χ3v) is 3.54. The fraction of sp³-hybridized carbons (Fsp3) is 0.909. The number of carbonyl (C=O) groups excluding carboxylic acids is 1. The van der Waals surface area contributed by atoms with Crippen LogP contribution in [0.25, 0.3) is 0 Å². The molecule has 0 heterocycles. The first-order valence-electron chi connectivity index (χ1n) is 5.78. The molecule has 0 unspecified atom stereocenters. The van der Waals surface area contributed by atoms with Gasteiger partial charge in [-0.05, 0) is 25.7 Å². The Morgan fingerprint density at radius 1 is 1.29 bits per heavy atom. The van der Waals surface area contributed by atoms with E-state index in [0.717, 1.165) is 25.7 Å². The van der Waals surface area contributed by atoms with Crippen molar-refractivity contribution in [3.05, 3.63) is 0 Å². The number of hydrogen-bond donors (Lipinski definition) is 2. The second-order valence-electron chi connectivity index (χ2n) is 4.81. The van der Waals surface area contributed by atoms with Gasteiger partial charge >= 0.3 is 0 Å². The van der Waals surface area contributed by atoms with Crippen LogP contribution in [-0.2, 0) is 4.79 Å². The van der Waals surface area contributed by atoms with Crippen LogP contribution in [0.3, 0.4) is 0 Å². The number of nitrogens with two attached hydrogens (primary N) is 1. The van der Waals surface area contributed by atoms with Crippen molar-refractivity contribution in [3.8, 4) is 0 Å². The summed E-state index contributed by atoms with van der Waals surface area (Å²) in [6, 6.07) is 0. The van der Waals surface area contributed by atoms with E-state index in [0.29, 0.717) is 12.5 Å². The zero-order chi connectivity index (χ0) is 10.0. The minimum Gasteiger partial charge on any atom is -0.349 e. The zero-order valence-electron chi connectivity index (χ0n) is 8.72. The van der Waals surface area contributed by atoms with Gasteiger partial charge in [0.15, 0.2) is 0 Å². The fourth-order valence-corrected chi connectivity index (χ4v) is 2.32. The predicted octanol–water partition coefficient (Wildman–Crippen LogP) is 1.17. The SMILES string of the molecule is NCC1(NC(=O)C2CC2)CCCCC1. The molecule has 0 aromatic heterocycles. The van der Waals surface area contributed by atoms with Gasteiger partial charge in [-0.2, -0.15) is 0 Å². The molecule has 2 rings (SSSR count). The highest BCUT2D eigenvalue weighted by Crippen LogP contribution is 2.32. The van der Waals surface area contributed by atoms with Crippen molar-refractivity contribution < 1.29 is 4.79 Å². The van der Waals surface area contributed by atoms with E-state index in [1.807, 2.05) is 0 Å². The molecule has 3 N–H and O–H groups in total. The van der Waals surface area contributed by atoms with E-state index in [4.69, 9.17) is 5.73 Å². The summed E-state index contributed by atoms with van der Waals surface area (Å²) in [6.45, 7) is 0.603. The van der Waals surface area contributed by atoms with Crippen molar-refractivity contribution in [1.82, 2.24) is 5.32 Å². The molecule has 0 aromatic rings. The molecule has 0 saturated heterocycles. The number of nitrogens with one attached hydrogen (secondary N) is 1. The van der Waals surface area contributed by atoms with Crippen molar-refractivity contribution in [2.75, 3.05) is 6.54 Å². The van der Waals surface area contributed by atoms with Crippen molar-refractivity contribution in [1.29, 1.82) is 0 Å². The summed E-state index contributed by atoms with van der Waals surface area (Å²) in [5.74, 6) is 0.553. The second-order valence-corrected chi connectivity index (χ2v) is 4.81. The van der Waals surface area contributed by atoms with E-state index in [1.54, 1.807) is 0 Å². The molecule has 2 aliphatic carbocycles. The standard InChI is InChI=1S/C11H20N2O/c12-8-11(6-2-1-3-7-11)13-10(14)9-4-5-9/h9H,1-8,12H2,(H,13,14). The Kier molecular flexibility index (Phi) is 2.77. The second kappa shape index (κ2) is 3.89. The van der Waals surface area contributed by atoms with Crippen molar-refractivity contribution in [2.45, 2.75) is 50.5 Å². The van der Waals surface area contributed by atoms with Gasteiger partial charge in [-0.25, -0.2) is 0 Å². The predicted molar refractivity (Wildman–Crippen MR) is 55.7 cm³/mol. The van der Waals surface area contributed by atoms with E-state index < -0.39 is 0 Å². The van der Waals surface area contributed by atoms with E-state index in [2.05, 4.69) is 5.32 Å². The maximum Gasteiger partial charge on any atom is 0.223 e. The van der Waals surface area contributed by atoms with Crippen LogP contribution in [0.15, 0.2) is 0 Å². The van der Waals surface area contributed by atoms with Crippen LogP contribution in [0.2, 0.25) is 0 Å². The summed E-state index contributed by atoms with van der Waals surface area (Å²) < 4.78 is 0. The van der Waals surface area contributed by atoms with Gasteiger partial charge in [0, 0.05) is 12.5 Å². The minimum absolute atomic E-state index is 0.0576. The normalized spacial score (nSPS) is 25.8. The van der Waals surface area contributed by atoms with Crippen LogP contribution < -0.4 is 11.1 Å². The van der Waals surface area contributed by atoms with Gasteiger partial charge in [0.1, 0.15) is 0 Å². The molecule has 14 heavy (non-hydrogen) atoms. The zero-order valence-corrected chi connectivity index (χ0v) is 8.72. The maximum atomic E-state index is 11.7. The van der Waals surface area contributed by atoms with E-state index in [9.17, 15) is 4.79 Å². The average molecular weight is 196 g/mol. The molecule has 2 fully saturated rings. The molecule has 0 aromatic carbocycles. The van der Waals surface area contributed by atoms with Crippen LogP contribution in [-0.4, -0.2) is 18.0 Å². The minimum atomic E-state index is -0.0576. The van der Waals surface area contributed by atoms with Crippen LogP contribution in [0.1, 0.15) is 44.9 Å². The summed E-state index contributed by atoms with van der Waals surface area (Å²) in [5.41, 5.74) is 5.73. The van der Waals surface area contributed by atoms with Gasteiger partial charge in [0.2, 0.25) is 5.91 Å². The molecule has 0 spiro atoms. The lowest BCUT2D eigenvalue weighted by Crippen LogP contribution is -2.55. The highest BCUT2D eigenvalue weighted by Gasteiger charge is 2.37. The fourth-order valence-electron chi connectivity index (χ4n) is 2.32. The summed E-state index contributed by atoms with van der Waals surface area (Å²) in [5, 5.41) is 3.18. The van der Waals surface area contributed by atoms with Crippen LogP contribution in [0, 0.1) is 5.92 Å². The third kappa shape index (κ3) is 2.08. The molecule has 2 saturated carbocycles. The molecule has 1 amide bonds. The summed E-state index contributed by atoms with van der Waals surface area (Å²) in [7, 11) is 0. The lowest BCUT2D eigenvalue weighted by atomic mass is 9.81. The summed E-state index contributed by atoms with van der Waals surface area (Å²) >= 11 is 0. The van der Waals surface area contributed by atoms with Crippen molar-refractivity contribution >= 4 is 5.91 Å². The number of amides is 1. The highest BCUT2D eigenvalue weighted by molar-refractivity contribution is 5.81. The van der Waals surface area contributed by atoms with Gasteiger partial charge in [-0.15, -0.1) is 0 Å². The maximum absolute atomic E-state index is 11.7. The van der Waals surface area contributed by atoms with E-state index in [-0.39, 0.29) is 11.4 Å². The molecule has 3 heteroatoms. The van der Waals surface area contributed by atoms with Crippen LogP contribution >= 0.6 is 0 Å². The van der Waals surface area contributed by atoms with E-state index in [1.165, 1.54) is 19.3 Å². The smallest absolute Gasteiger partial charge is 0.223 e. The van der Waals surface area contributed by atoms with Crippen molar-refractivity contribution in [2.24, 2.45) is 11.7 Å². The Morgan fingerprint density at radius 2 is 1.93 bits per heavy atom. The Morgan fingerprint density at radius 3 is 2.43 bits per heavy atom. The first-order chi connectivity index (χ1) is 6.76. The molecule has 2 aliphatic rings. The van der Waals surface area contributed by atoms with Crippen LogP contribution in [0.4, 0.5) is 0 Å². The Balaban J connectivity index is 1.92. The van der Waals surface area contributed by atoms with Crippen LogP contribution in [0.5, 0.6) is 0 Å². The molecule has 0 bridgehead atoms. The Bertz CT molecular complexity index is 217. The van der Waals surface area contributed by atoms with Gasteiger partial charge in [0.25, 0.3) is 0 Å². The topological polar surface area (TPSA) is 55.1 Å². The molecular weight excluding hydrogens is 176 g/mol. The number of hydrogen-bond acceptors (Lipinski definition) is 2. The largest absolute Gasteiger partial charge is 0.349 e. The first-order valence-corrected chi connectivity index (χ1v) is 5.78. The number of rotatable bonds is 3. The Hall–Kier alpha value is -0.570. The summed E-state index contributed by atoms with van der Waals surface area (Å²) in [6.07, 6.45) is 8.01. The Labute approximate surface area is 85.4 Å². The van der Waals surface area contributed by atoms with Gasteiger partial charge < -0.3 is 11.1 Å². The molecule has 80 valence electrons. The van der Waals surface area contributed by atoms with Crippen molar-refractivity contribution in [3.63, 3.8) is 0 Å². The molecular formula is C11H20N2O. The van der Waals surface area contributed by atoms with Gasteiger partial charge in [-0.1, -0.05) is 19.3 Å². The monoisotopic (exact) mass is 196 g/mol.